The summed E-state index contributed by atoms with van der Waals surface area (Å²) in [4.78, 5) is 13.1. The highest BCUT2D eigenvalue weighted by Gasteiger charge is 2.16. The first-order valence-corrected chi connectivity index (χ1v) is 4.66. The highest BCUT2D eigenvalue weighted by Crippen LogP contribution is 2.26. The summed E-state index contributed by atoms with van der Waals surface area (Å²) in [6.45, 7) is 0. The molecule has 0 aliphatic heterocycles. The second-order valence-electron chi connectivity index (χ2n) is 2.87. The van der Waals surface area contributed by atoms with Gasteiger partial charge in [-0.25, -0.2) is 13.2 Å². The summed E-state index contributed by atoms with van der Waals surface area (Å²) >= 11 is 2.73. The molecule has 0 aliphatic carbocycles. The first-order valence-electron chi connectivity index (χ1n) is 3.86. The van der Waals surface area contributed by atoms with Gasteiger partial charge in [-0.2, -0.15) is 0 Å². The third kappa shape index (κ3) is 1.45. The van der Waals surface area contributed by atoms with Crippen LogP contribution in [0.5, 0.6) is 0 Å². The first-order chi connectivity index (χ1) is 7.02. The number of H-pyrrole nitrogens is 1. The van der Waals surface area contributed by atoms with Crippen LogP contribution < -0.4 is 5.56 Å². The minimum atomic E-state index is -1.36. The molecular weight excluding hydrogens is 275 g/mol. The normalized spacial score (nSPS) is 10.9. The molecule has 2 rings (SSSR count). The zero-order chi connectivity index (χ0) is 11.2. The molecule has 0 atom stereocenters. The van der Waals surface area contributed by atoms with Crippen LogP contribution in [0.1, 0.15) is 0 Å². The summed E-state index contributed by atoms with van der Waals surface area (Å²) in [6, 6.07) is 1.03. The second-order valence-corrected chi connectivity index (χ2v) is 3.73. The molecule has 1 aromatic heterocycles. The lowest BCUT2D eigenvalue weighted by molar-refractivity contribution is 0.511. The molecule has 0 bridgehead atoms. The number of hydrogen-bond acceptors (Lipinski definition) is 1. The minimum Gasteiger partial charge on any atom is -0.326 e. The van der Waals surface area contributed by atoms with E-state index in [2.05, 4.69) is 15.9 Å². The molecule has 0 unspecified atom stereocenters. The average Bonchev–Trinajstić information content (AvgIpc) is 2.20. The topological polar surface area (TPSA) is 32.9 Å². The molecule has 6 heteroatoms. The zero-order valence-corrected chi connectivity index (χ0v) is 8.66. The van der Waals surface area contributed by atoms with Gasteiger partial charge >= 0.3 is 0 Å². The van der Waals surface area contributed by atoms with E-state index in [1.165, 1.54) is 0 Å². The number of aromatic amines is 1. The Hall–Kier alpha value is -1.30. The molecule has 0 saturated heterocycles. The number of nitrogens with one attached hydrogen (secondary N) is 1. The van der Waals surface area contributed by atoms with Gasteiger partial charge in [-0.15, -0.1) is 0 Å². The largest absolute Gasteiger partial charge is 0.326 e. The van der Waals surface area contributed by atoms with Crippen LogP contribution in [0.3, 0.4) is 0 Å². The highest BCUT2D eigenvalue weighted by molar-refractivity contribution is 9.10. The minimum absolute atomic E-state index is 0.225. The zero-order valence-electron chi connectivity index (χ0n) is 7.07. The molecule has 0 spiro atoms. The van der Waals surface area contributed by atoms with E-state index in [4.69, 9.17) is 0 Å². The molecule has 0 aliphatic rings. The van der Waals surface area contributed by atoms with Crippen molar-refractivity contribution < 1.29 is 13.2 Å². The Bertz CT molecular complexity index is 608. The Balaban J connectivity index is 3.11. The van der Waals surface area contributed by atoms with Crippen LogP contribution in [0.4, 0.5) is 13.2 Å². The van der Waals surface area contributed by atoms with E-state index >= 15 is 0 Å². The van der Waals surface area contributed by atoms with E-state index in [0.29, 0.717) is 0 Å². The molecule has 2 nitrogen and oxygen atoms in total. The fourth-order valence-corrected chi connectivity index (χ4v) is 1.69. The van der Waals surface area contributed by atoms with Gasteiger partial charge in [0.1, 0.15) is 5.82 Å². The number of aromatic nitrogens is 1. The first kappa shape index (κ1) is 10.2. The Morgan fingerprint density at radius 1 is 1.20 bits per heavy atom. The Morgan fingerprint density at radius 3 is 2.53 bits per heavy atom. The predicted molar refractivity (Wildman–Crippen MR) is 52.1 cm³/mol. The fourth-order valence-electron chi connectivity index (χ4n) is 1.28. The maximum Gasteiger partial charge on any atom is 0.259 e. The second kappa shape index (κ2) is 3.37. The van der Waals surface area contributed by atoms with Crippen molar-refractivity contribution in [2.24, 2.45) is 0 Å². The lowest BCUT2D eigenvalue weighted by Gasteiger charge is -2.02. The Kier molecular flexibility index (Phi) is 2.30. The molecule has 0 saturated carbocycles. The van der Waals surface area contributed by atoms with E-state index in [0.717, 1.165) is 12.3 Å². The molecule has 1 heterocycles. The van der Waals surface area contributed by atoms with Gasteiger partial charge in [0.2, 0.25) is 0 Å². The molecule has 0 amide bonds. The lowest BCUT2D eigenvalue weighted by Crippen LogP contribution is -2.09. The van der Waals surface area contributed by atoms with Crippen molar-refractivity contribution in [3.63, 3.8) is 0 Å². The number of pyridine rings is 1. The number of benzene rings is 1. The number of hydrogen-bond donors (Lipinski definition) is 1. The summed E-state index contributed by atoms with van der Waals surface area (Å²) in [7, 11) is 0. The summed E-state index contributed by atoms with van der Waals surface area (Å²) in [5, 5.41) is -0.875. The predicted octanol–water partition coefficient (Wildman–Crippen LogP) is 2.71. The molecular formula is C9H3BrF3NO. The molecule has 0 radical (unpaired) electrons. The molecule has 2 aromatic rings. The third-order valence-electron chi connectivity index (χ3n) is 1.98. The van der Waals surface area contributed by atoms with Gasteiger partial charge < -0.3 is 4.98 Å². The van der Waals surface area contributed by atoms with Gasteiger partial charge in [-0.3, -0.25) is 4.79 Å². The van der Waals surface area contributed by atoms with Gasteiger partial charge in [-0.05, 0) is 22.0 Å². The van der Waals surface area contributed by atoms with Gasteiger partial charge in [0.15, 0.2) is 11.6 Å². The van der Waals surface area contributed by atoms with Crippen molar-refractivity contribution >= 4 is 26.7 Å². The third-order valence-corrected chi connectivity index (χ3v) is 2.55. The molecule has 0 fully saturated rings. The Morgan fingerprint density at radius 2 is 1.87 bits per heavy atom. The monoisotopic (exact) mass is 277 g/mol. The van der Waals surface area contributed by atoms with Crippen molar-refractivity contribution in [2.45, 2.75) is 0 Å². The van der Waals surface area contributed by atoms with Gasteiger partial charge in [0, 0.05) is 11.6 Å². The van der Waals surface area contributed by atoms with Crippen molar-refractivity contribution in [3.05, 3.63) is 44.5 Å². The van der Waals surface area contributed by atoms with Gasteiger partial charge in [0.25, 0.3) is 5.56 Å². The lowest BCUT2D eigenvalue weighted by atomic mass is 10.1. The summed E-state index contributed by atoms with van der Waals surface area (Å²) in [5.74, 6) is -3.39. The van der Waals surface area contributed by atoms with Crippen LogP contribution in [0.25, 0.3) is 10.8 Å². The van der Waals surface area contributed by atoms with E-state index in [1.807, 2.05) is 4.98 Å². The molecule has 1 aromatic carbocycles. The van der Waals surface area contributed by atoms with Crippen LogP contribution in [0.2, 0.25) is 0 Å². The van der Waals surface area contributed by atoms with Crippen LogP contribution >= 0.6 is 15.9 Å². The SMILES string of the molecule is O=c1[nH]cc(F)c2cc(Br)c(F)c(F)c12. The highest BCUT2D eigenvalue weighted by atomic mass is 79.9. The van der Waals surface area contributed by atoms with E-state index in [-0.39, 0.29) is 9.86 Å². The smallest absolute Gasteiger partial charge is 0.259 e. The average molecular weight is 278 g/mol. The summed E-state index contributed by atoms with van der Waals surface area (Å²) in [5.41, 5.74) is -0.865. The maximum absolute atomic E-state index is 13.3. The van der Waals surface area contributed by atoms with Crippen molar-refractivity contribution in [1.29, 1.82) is 0 Å². The quantitative estimate of drug-likeness (QED) is 0.738. The van der Waals surface area contributed by atoms with Crippen LogP contribution in [0.15, 0.2) is 21.5 Å². The fraction of sp³-hybridized carbons (Fsp3) is 0. The maximum atomic E-state index is 13.3. The molecule has 15 heavy (non-hydrogen) atoms. The van der Waals surface area contributed by atoms with Crippen LogP contribution in [-0.4, -0.2) is 4.98 Å². The van der Waals surface area contributed by atoms with Crippen molar-refractivity contribution in [1.82, 2.24) is 4.98 Å². The molecule has 1 N–H and O–H groups in total. The van der Waals surface area contributed by atoms with Gasteiger partial charge in [-0.1, -0.05) is 0 Å². The summed E-state index contributed by atoms with van der Waals surface area (Å²) < 4.78 is 39.3. The van der Waals surface area contributed by atoms with Crippen molar-refractivity contribution in [3.8, 4) is 0 Å². The van der Waals surface area contributed by atoms with Crippen molar-refractivity contribution in [2.75, 3.05) is 0 Å². The van der Waals surface area contributed by atoms with Crippen LogP contribution in [0, 0.1) is 17.5 Å². The van der Waals surface area contributed by atoms with Crippen LogP contribution in [-0.2, 0) is 0 Å². The van der Waals surface area contributed by atoms with Gasteiger partial charge in [0.05, 0.1) is 9.86 Å². The number of halogens is 4. The number of fused-ring (bicyclic) bond motifs is 1. The van der Waals surface area contributed by atoms with E-state index in [9.17, 15) is 18.0 Å². The summed E-state index contributed by atoms with van der Waals surface area (Å²) in [6.07, 6.45) is 0.800. The molecule has 78 valence electrons. The van der Waals surface area contributed by atoms with E-state index < -0.39 is 28.4 Å². The Labute approximate surface area is 89.9 Å². The standard InChI is InChI=1S/C9H3BrF3NO/c10-4-1-3-5(11)2-14-9(15)6(3)8(13)7(4)12/h1-2H,(H,14,15). The van der Waals surface area contributed by atoms with E-state index in [1.54, 1.807) is 0 Å². The number of rotatable bonds is 0.